The maximum absolute atomic E-state index is 14.9. The molecule has 2 aliphatic heterocycles. The van der Waals surface area contributed by atoms with E-state index >= 15 is 0 Å². The van der Waals surface area contributed by atoms with Crippen molar-refractivity contribution in [1.82, 2.24) is 29.9 Å². The van der Waals surface area contributed by atoms with Crippen molar-refractivity contribution in [1.29, 1.82) is 0 Å². The number of aromatic nitrogens is 1. The van der Waals surface area contributed by atoms with Gasteiger partial charge in [-0.3, -0.25) is 14.4 Å². The fourth-order valence-corrected chi connectivity index (χ4v) is 11.4. The molecule has 11 heteroatoms. The second kappa shape index (κ2) is 14.1. The monoisotopic (exact) mass is 728 g/mol. The molecule has 52 heavy (non-hydrogen) atoms. The predicted molar refractivity (Wildman–Crippen MR) is 201 cm³/mol. The van der Waals surface area contributed by atoms with E-state index < -0.39 is 23.6 Å². The van der Waals surface area contributed by atoms with Crippen molar-refractivity contribution < 1.29 is 19.5 Å². The van der Waals surface area contributed by atoms with Gasteiger partial charge in [-0.25, -0.2) is 0 Å². The van der Waals surface area contributed by atoms with Crippen LogP contribution in [0.3, 0.4) is 0 Å². The summed E-state index contributed by atoms with van der Waals surface area (Å²) in [6.45, 7) is 5.78. The van der Waals surface area contributed by atoms with E-state index in [1.54, 1.807) is 22.9 Å². The summed E-state index contributed by atoms with van der Waals surface area (Å²) < 4.78 is 0. The molecule has 2 aromatic carbocycles. The number of benzene rings is 2. The van der Waals surface area contributed by atoms with Gasteiger partial charge in [0.15, 0.2) is 0 Å². The fourth-order valence-electron chi connectivity index (χ4n) is 11.2. The zero-order valence-electron chi connectivity index (χ0n) is 30.5. The highest BCUT2D eigenvalue weighted by Crippen LogP contribution is 2.66. The molecule has 3 amide bonds. The molecule has 10 nitrogen and oxygen atoms in total. The molecule has 0 radical (unpaired) electrons. The average molecular weight is 729 g/mol. The summed E-state index contributed by atoms with van der Waals surface area (Å²) in [5.74, 6) is 0.470. The second-order valence-electron chi connectivity index (χ2n) is 17.1. The second-order valence-corrected chi connectivity index (χ2v) is 17.5. The summed E-state index contributed by atoms with van der Waals surface area (Å²) in [6.07, 6.45) is 7.74. The van der Waals surface area contributed by atoms with E-state index in [0.29, 0.717) is 16.9 Å². The van der Waals surface area contributed by atoms with E-state index in [4.69, 9.17) is 11.6 Å². The van der Waals surface area contributed by atoms with Crippen molar-refractivity contribution in [2.24, 2.45) is 22.7 Å². The van der Waals surface area contributed by atoms with Gasteiger partial charge in [0.25, 0.3) is 0 Å². The number of rotatable bonds is 10. The van der Waals surface area contributed by atoms with Gasteiger partial charge in [0.2, 0.25) is 17.7 Å². The first-order chi connectivity index (χ1) is 25.0. The predicted octanol–water partition coefficient (Wildman–Crippen LogP) is 4.30. The van der Waals surface area contributed by atoms with Crippen molar-refractivity contribution in [3.63, 3.8) is 0 Å². The Hall–Kier alpha value is -3.44. The standard InChI is InChI=1S/C41H53ClN6O4/c1-45-11-13-47(14-12-45)26-40-18-27-15-28(19-40)21-41(20-27,25-40)39(52)48-24-31(49)17-36(48)37(50)44-35(16-30-22-43-34-10-6-4-8-32(30)34)38(51)46(2)23-29-7-3-5-9-33(29)42/h3-10,22,27-28,31,35-36,43,49H,11-21,23-26H2,1-2H3,(H,44,50). The first-order valence-electron chi connectivity index (χ1n) is 19.2. The molecule has 2 saturated heterocycles. The van der Waals surface area contributed by atoms with Crippen LogP contribution in [0.15, 0.2) is 54.7 Å². The number of aliphatic hydroxyl groups excluding tert-OH is 1. The number of hydrogen-bond donors (Lipinski definition) is 3. The first-order valence-corrected chi connectivity index (χ1v) is 19.6. The number of aliphatic hydroxyl groups is 1. The number of fused-ring (bicyclic) bond motifs is 1. The largest absolute Gasteiger partial charge is 0.391 e. The maximum Gasteiger partial charge on any atom is 0.245 e. The van der Waals surface area contributed by atoms with Gasteiger partial charge in [0.05, 0.1) is 11.5 Å². The molecule has 4 saturated carbocycles. The Morgan fingerprint density at radius 3 is 2.44 bits per heavy atom. The Labute approximate surface area is 311 Å². The molecule has 6 aliphatic rings. The van der Waals surface area contributed by atoms with Crippen molar-refractivity contribution in [2.75, 3.05) is 53.4 Å². The number of amides is 3. The molecule has 3 N–H and O–H groups in total. The molecule has 3 aromatic rings. The third-order valence-corrected chi connectivity index (χ3v) is 13.5. The Balaban J connectivity index is 1.02. The molecule has 278 valence electrons. The first kappa shape index (κ1) is 35.6. The normalized spacial score (nSPS) is 30.9. The lowest BCUT2D eigenvalue weighted by Crippen LogP contribution is -2.62. The summed E-state index contributed by atoms with van der Waals surface area (Å²) >= 11 is 6.46. The molecular weight excluding hydrogens is 676 g/mol. The lowest BCUT2D eigenvalue weighted by Gasteiger charge is -2.63. The number of H-pyrrole nitrogens is 1. The number of carbonyl (C=O) groups is 3. The molecule has 4 aliphatic carbocycles. The van der Waals surface area contributed by atoms with Crippen LogP contribution in [0.1, 0.15) is 56.1 Å². The van der Waals surface area contributed by atoms with Crippen LogP contribution in [-0.4, -0.2) is 119 Å². The van der Waals surface area contributed by atoms with E-state index in [9.17, 15) is 19.5 Å². The zero-order valence-corrected chi connectivity index (χ0v) is 31.3. The fraction of sp³-hybridized carbons (Fsp3) is 0.585. The molecule has 5 unspecified atom stereocenters. The molecule has 6 fully saturated rings. The molecule has 4 bridgehead atoms. The Bertz CT molecular complexity index is 1810. The van der Waals surface area contributed by atoms with E-state index in [0.717, 1.165) is 74.0 Å². The average Bonchev–Trinajstić information content (AvgIpc) is 3.71. The van der Waals surface area contributed by atoms with Crippen molar-refractivity contribution in [2.45, 2.75) is 76.1 Å². The third-order valence-electron chi connectivity index (χ3n) is 13.1. The summed E-state index contributed by atoms with van der Waals surface area (Å²) in [6, 6.07) is 13.6. The number of piperazine rings is 1. The number of likely N-dealkylation sites (N-methyl/N-ethyl adjacent to an activating group) is 2. The summed E-state index contributed by atoms with van der Waals surface area (Å²) in [7, 11) is 3.91. The quantitative estimate of drug-likeness (QED) is 0.287. The van der Waals surface area contributed by atoms with Crippen LogP contribution in [0.4, 0.5) is 0 Å². The number of β-amino-alcohol motifs (C(OH)–C–C–N with tert-alkyl or cyclic N) is 1. The number of nitrogens with zero attached hydrogens (tertiary/aromatic N) is 4. The van der Waals surface area contributed by atoms with Gasteiger partial charge in [0.1, 0.15) is 12.1 Å². The van der Waals surface area contributed by atoms with Gasteiger partial charge in [0, 0.05) is 87.8 Å². The highest BCUT2D eigenvalue weighted by Gasteiger charge is 2.62. The van der Waals surface area contributed by atoms with E-state index in [2.05, 4.69) is 27.1 Å². The number of likely N-dealkylation sites (tertiary alicyclic amines) is 1. The lowest BCUT2D eigenvalue weighted by atomic mass is 9.43. The van der Waals surface area contributed by atoms with Crippen LogP contribution in [0, 0.1) is 22.7 Å². The minimum Gasteiger partial charge on any atom is -0.391 e. The van der Waals surface area contributed by atoms with Crippen LogP contribution < -0.4 is 5.32 Å². The number of nitrogens with one attached hydrogen (secondary N) is 2. The molecule has 1 aromatic heterocycles. The van der Waals surface area contributed by atoms with E-state index in [1.807, 2.05) is 48.7 Å². The number of halogens is 1. The highest BCUT2D eigenvalue weighted by molar-refractivity contribution is 6.31. The molecule has 3 heterocycles. The Morgan fingerprint density at radius 2 is 1.69 bits per heavy atom. The van der Waals surface area contributed by atoms with Gasteiger partial charge < -0.3 is 35.0 Å². The zero-order chi connectivity index (χ0) is 36.2. The van der Waals surface area contributed by atoms with Gasteiger partial charge in [-0.05, 0) is 86.1 Å². The minimum atomic E-state index is -0.889. The van der Waals surface area contributed by atoms with Crippen molar-refractivity contribution in [3.8, 4) is 0 Å². The molecule has 9 rings (SSSR count). The highest BCUT2D eigenvalue weighted by atomic mass is 35.5. The summed E-state index contributed by atoms with van der Waals surface area (Å²) in [5, 5.41) is 15.7. The number of carbonyl (C=O) groups excluding carboxylic acids is 3. The van der Waals surface area contributed by atoms with Crippen LogP contribution >= 0.6 is 11.6 Å². The third kappa shape index (κ3) is 6.88. The van der Waals surface area contributed by atoms with Gasteiger partial charge in [-0.1, -0.05) is 48.0 Å². The van der Waals surface area contributed by atoms with E-state index in [1.165, 1.54) is 19.3 Å². The lowest BCUT2D eigenvalue weighted by molar-refractivity contribution is -0.172. The van der Waals surface area contributed by atoms with Crippen LogP contribution in [0.25, 0.3) is 10.9 Å². The summed E-state index contributed by atoms with van der Waals surface area (Å²) in [5.41, 5.74) is 2.33. The van der Waals surface area contributed by atoms with Gasteiger partial charge in [-0.2, -0.15) is 0 Å². The van der Waals surface area contributed by atoms with Crippen molar-refractivity contribution >= 4 is 40.2 Å². The minimum absolute atomic E-state index is 0.0383. The number of aromatic amines is 1. The van der Waals surface area contributed by atoms with Gasteiger partial charge >= 0.3 is 0 Å². The molecular formula is C41H53ClN6O4. The van der Waals surface area contributed by atoms with Crippen LogP contribution in [-0.2, 0) is 27.3 Å². The number of para-hydroxylation sites is 1. The van der Waals surface area contributed by atoms with Crippen LogP contribution in [0.2, 0.25) is 5.02 Å². The molecule has 0 spiro atoms. The maximum atomic E-state index is 14.9. The molecule has 5 atom stereocenters. The summed E-state index contributed by atoms with van der Waals surface area (Å²) in [4.78, 5) is 55.1. The Morgan fingerprint density at radius 1 is 0.981 bits per heavy atom. The van der Waals surface area contributed by atoms with Crippen LogP contribution in [0.5, 0.6) is 0 Å². The Kier molecular flexibility index (Phi) is 9.64. The van der Waals surface area contributed by atoms with Gasteiger partial charge in [-0.15, -0.1) is 0 Å². The van der Waals surface area contributed by atoms with E-state index in [-0.39, 0.29) is 49.1 Å². The van der Waals surface area contributed by atoms with Crippen molar-refractivity contribution in [3.05, 3.63) is 70.9 Å². The topological polar surface area (TPSA) is 112 Å². The number of hydrogen-bond acceptors (Lipinski definition) is 6. The smallest absolute Gasteiger partial charge is 0.245 e. The SMILES string of the molecule is CN1CCN(CC23CC4CC(C2)CC(C(=O)N2CC(O)CC2C(=O)NC(Cc2c[nH]c5ccccc25)C(=O)N(C)Cc2ccccc2Cl)(C4)C3)CC1.